The van der Waals surface area contributed by atoms with Crippen LogP contribution in [-0.4, -0.2) is 166 Å². The monoisotopic (exact) mass is 1510 g/mol. The van der Waals surface area contributed by atoms with E-state index in [9.17, 15) is 0 Å². The highest BCUT2D eigenvalue weighted by atomic mass is 16.3. The highest BCUT2D eigenvalue weighted by Crippen LogP contribution is 1.95. The minimum Gasteiger partial charge on any atom is -0.516 e. The Balaban J connectivity index is -0.0000000811. The Morgan fingerprint density at radius 1 is 0.236 bits per heavy atom. The fourth-order valence-electron chi connectivity index (χ4n) is 7.41. The van der Waals surface area contributed by atoms with Gasteiger partial charge in [0.1, 0.15) is 0 Å². The summed E-state index contributed by atoms with van der Waals surface area (Å²) in [7, 11) is 3.97. The van der Waals surface area contributed by atoms with Crippen molar-refractivity contribution in [2.45, 2.75) is 311 Å². The molecule has 0 saturated heterocycles. The molecule has 0 unspecified atom stereocenters. The second-order valence-corrected chi connectivity index (χ2v) is 23.8. The second-order valence-electron chi connectivity index (χ2n) is 23.8. The topological polar surface area (TPSA) is 241 Å². The molecule has 106 heavy (non-hydrogen) atoms. The number of unbranched alkanes of at least 4 members (excludes halogenated alkanes) is 11. The molecule has 0 aliphatic heterocycles. The zero-order chi connectivity index (χ0) is 82.6. The van der Waals surface area contributed by atoms with Gasteiger partial charge in [-0.25, -0.2) is 0 Å². The zero-order valence-electron chi connectivity index (χ0n) is 74.8. The Bertz CT molecular complexity index is 1500. The van der Waals surface area contributed by atoms with Crippen LogP contribution in [0.25, 0.3) is 0 Å². The van der Waals surface area contributed by atoms with Crippen LogP contribution in [0.3, 0.4) is 0 Å². The number of nitrogens with one attached hydrogen (secondary N) is 9. The molecule has 0 atom stereocenters. The molecular weight excluding hydrogens is 1310 g/mol. The molecule has 0 radical (unpaired) electrons. The van der Waals surface area contributed by atoms with Crippen LogP contribution < -0.4 is 59.3 Å². The van der Waals surface area contributed by atoms with Crippen molar-refractivity contribution in [2.24, 2.45) is 11.5 Å². The van der Waals surface area contributed by atoms with Crippen molar-refractivity contribution in [1.29, 1.82) is 0 Å². The fraction of sp³-hybridized carbons (Fsp3) is 0.758. The molecule has 0 fully saturated rings. The lowest BCUT2D eigenvalue weighted by molar-refractivity contribution is 0.318. The molecule has 0 bridgehead atoms. The maximum Gasteiger partial charge on any atom is 0.0751 e. The Morgan fingerprint density at radius 2 is 0.415 bits per heavy atom. The first-order valence-electron chi connectivity index (χ1n) is 43.0. The molecule has 0 amide bonds. The molecule has 640 valence electrons. The van der Waals surface area contributed by atoms with E-state index in [4.69, 9.17) is 31.9 Å². The molecule has 17 N–H and O–H groups in total. The zero-order valence-corrected chi connectivity index (χ0v) is 74.8. The van der Waals surface area contributed by atoms with Gasteiger partial charge >= 0.3 is 0 Å². The third kappa shape index (κ3) is 247. The summed E-state index contributed by atoms with van der Waals surface area (Å²) in [5.41, 5.74) is 10.5. The Kier molecular flexibility index (Phi) is 217. The normalized spacial score (nSPS) is 10.6. The Hall–Kier alpha value is -3.78. The molecule has 0 spiro atoms. The largest absolute Gasteiger partial charge is 0.516 e. The average molecular weight is 1510 g/mol. The van der Waals surface area contributed by atoms with Gasteiger partial charge in [0.2, 0.25) is 0 Å². The van der Waals surface area contributed by atoms with Crippen LogP contribution in [0.1, 0.15) is 311 Å². The van der Waals surface area contributed by atoms with E-state index in [-0.39, 0.29) is 13.2 Å². The van der Waals surface area contributed by atoms with Crippen LogP contribution in [0.15, 0.2) is 134 Å². The summed E-state index contributed by atoms with van der Waals surface area (Å²) >= 11 is 0. The van der Waals surface area contributed by atoms with Crippen LogP contribution in [-0.2, 0) is 0 Å². The summed E-state index contributed by atoms with van der Waals surface area (Å²) in [6, 6.07) is 0. The third-order valence-electron chi connectivity index (χ3n) is 13.1. The van der Waals surface area contributed by atoms with Crippen LogP contribution in [0.2, 0.25) is 0 Å². The predicted molar refractivity (Wildman–Crippen MR) is 492 cm³/mol. The SMILES string of the molecule is CC=CCCCN.CC=CCCCNC.CC=CCCCNCC.CC=CCCCNCC.CC=CCCCNCCC.CCC=CCCCN.CCC=CCCCNC.CCC=CCCCNCC.CCC=CCCCNCCC.CCCNCCCC=CO.CCNCCCC=CO.CCO.CCO. The molecule has 0 aliphatic rings. The third-order valence-corrected chi connectivity index (χ3v) is 13.1. The van der Waals surface area contributed by atoms with Gasteiger partial charge in [0.05, 0.1) is 12.5 Å². The molecule has 0 heterocycles. The van der Waals surface area contributed by atoms with Crippen molar-refractivity contribution in [3.05, 3.63) is 134 Å². The lowest BCUT2D eigenvalue weighted by atomic mass is 10.2. The standard InChI is InChI=1S/C10H21N.2C9H19N.C8H17NO.3C8H17N.C7H15NO.2C7H15N.C6H13N.2C2H6O/c1-3-5-6-7-8-10-11-9-4-2;1-3-5-6-7-8-9-10-4-2;1-3-5-6-7-9-10-8-4-2;1-2-6-9-7-4-3-5-8-10;1-3-4-5-6-7-8-9-2;2*1-3-5-6-7-8-9-4-2;1-2-8-6-4-3-5-7-9;1-3-4-5-6-7-8-2;1-2-3-4-5-6-7-8;1-2-3-4-5-6-7;2*1-2-3/h5-6,11H,3-4,7-10H2,1-2H3;5-6,10H,3-4,7-9H2,1-2H3;3,5,10H,4,6-9H2,1-2H3;5,8-10H,2-4,6-7H2,1H3;4-5,9H,3,6-8H2,1-2H3;2*3,5,9H,4,6-8H2,1-2H3;5,7-9H,2-4,6H2,1H3;3-4,8H,5-7H2,1-2H3;3-4H,2,5-8H2,1H3;2-3H,4-7H2,1H3;2*3H,2H2,1H3. The minimum atomic E-state index is 0.250. The van der Waals surface area contributed by atoms with Gasteiger partial charge in [0, 0.05) is 13.2 Å². The lowest BCUT2D eigenvalue weighted by Crippen LogP contribution is -2.15. The average Bonchev–Trinajstić information content (AvgIpc) is 3.71. The molecule has 0 aromatic carbocycles. The predicted octanol–water partition coefficient (Wildman–Crippen LogP) is 21.1. The Labute approximate surface area is 666 Å². The van der Waals surface area contributed by atoms with Gasteiger partial charge in [-0.1, -0.05) is 198 Å². The maximum absolute atomic E-state index is 8.27. The lowest BCUT2D eigenvalue weighted by Gasteiger charge is -1.99. The molecular formula is C91H197N11O4. The minimum absolute atomic E-state index is 0.250. The van der Waals surface area contributed by atoms with Crippen molar-refractivity contribution in [2.75, 3.05) is 145 Å². The quantitative estimate of drug-likeness (QED) is 0.0154. The summed E-state index contributed by atoms with van der Waals surface area (Å²) in [6.07, 6.45) is 79.3. The van der Waals surface area contributed by atoms with E-state index in [1.165, 1.54) is 135 Å². The van der Waals surface area contributed by atoms with Gasteiger partial charge in [-0.05, 0) is 367 Å². The maximum atomic E-state index is 8.27. The molecule has 0 aliphatic carbocycles. The van der Waals surface area contributed by atoms with Crippen LogP contribution in [0, 0.1) is 0 Å². The van der Waals surface area contributed by atoms with E-state index >= 15 is 0 Å². The molecule has 0 aromatic rings. The van der Waals surface area contributed by atoms with E-state index in [0.29, 0.717) is 0 Å². The van der Waals surface area contributed by atoms with Crippen LogP contribution in [0.5, 0.6) is 0 Å². The van der Waals surface area contributed by atoms with E-state index < -0.39 is 0 Å². The number of nitrogens with two attached hydrogens (primary N) is 2. The molecule has 15 heteroatoms. The van der Waals surface area contributed by atoms with E-state index in [0.717, 1.165) is 182 Å². The van der Waals surface area contributed by atoms with Gasteiger partial charge in [-0.3, -0.25) is 0 Å². The van der Waals surface area contributed by atoms with Crippen molar-refractivity contribution in [3.63, 3.8) is 0 Å². The fourth-order valence-corrected chi connectivity index (χ4v) is 7.41. The summed E-state index contributed by atoms with van der Waals surface area (Å²) in [6.45, 7) is 57.3. The second kappa shape index (κ2) is 175. The number of aliphatic hydroxyl groups excluding tert-OH is 4. The number of aliphatic hydroxyl groups is 4. The first-order valence-corrected chi connectivity index (χ1v) is 43.0. The van der Waals surface area contributed by atoms with Crippen molar-refractivity contribution < 1.29 is 20.4 Å². The summed E-state index contributed by atoms with van der Waals surface area (Å²) < 4.78 is 0. The van der Waals surface area contributed by atoms with E-state index in [2.05, 4.69) is 261 Å². The van der Waals surface area contributed by atoms with Crippen molar-refractivity contribution >= 4 is 0 Å². The number of rotatable bonds is 56. The number of allylic oxidation sites excluding steroid dienone is 20. The van der Waals surface area contributed by atoms with E-state index in [1.807, 2.05) is 21.0 Å². The Morgan fingerprint density at radius 3 is 0.585 bits per heavy atom. The smallest absolute Gasteiger partial charge is 0.0751 e. The molecule has 0 aromatic heterocycles. The highest BCUT2D eigenvalue weighted by molar-refractivity contribution is 4.83. The molecule has 0 saturated carbocycles. The van der Waals surface area contributed by atoms with E-state index in [1.54, 1.807) is 26.0 Å². The molecule has 0 rings (SSSR count). The first kappa shape index (κ1) is 132. The summed E-state index contributed by atoms with van der Waals surface area (Å²) in [5.74, 6) is 0. The van der Waals surface area contributed by atoms with Gasteiger partial charge in [0.15, 0.2) is 0 Å². The van der Waals surface area contributed by atoms with Crippen molar-refractivity contribution in [3.8, 4) is 0 Å². The van der Waals surface area contributed by atoms with Crippen LogP contribution >= 0.6 is 0 Å². The van der Waals surface area contributed by atoms with Crippen molar-refractivity contribution in [1.82, 2.24) is 47.9 Å². The van der Waals surface area contributed by atoms with Gasteiger partial charge in [-0.2, -0.15) is 0 Å². The number of hydrogen-bond acceptors (Lipinski definition) is 15. The first-order chi connectivity index (χ1) is 51.9. The van der Waals surface area contributed by atoms with Gasteiger partial charge in [0.25, 0.3) is 0 Å². The summed E-state index contributed by atoms with van der Waals surface area (Å²) in [4.78, 5) is 0. The van der Waals surface area contributed by atoms with Gasteiger partial charge < -0.3 is 79.7 Å². The highest BCUT2D eigenvalue weighted by Gasteiger charge is 1.88. The number of hydrogen-bond donors (Lipinski definition) is 15. The summed E-state index contributed by atoms with van der Waals surface area (Å²) in [5, 5.41) is 60.9. The van der Waals surface area contributed by atoms with Gasteiger partial charge in [-0.15, -0.1) is 0 Å². The molecule has 15 nitrogen and oxygen atoms in total. The van der Waals surface area contributed by atoms with Crippen LogP contribution in [0.4, 0.5) is 0 Å².